The van der Waals surface area contributed by atoms with E-state index >= 15 is 0 Å². The Morgan fingerprint density at radius 1 is 0.276 bits per heavy atom. The smallest absolute Gasteiger partial charge is 0.164 e. The number of furan rings is 3. The standard InChI is InChI=1S/C69H40N4O3/c1-4-18-41(19-5-1)54-39-44(40-61-62(54)51-25-11-14-31-57(51)75-61)68-70-67(42-20-6-2-7-21-42)71-69(72-68)53-29-17-33-60-63(53)55-38-43(34-37-59(55)74-60)46-35-36-50(66-64(46)52-26-12-15-32-58(52)76-66)49-28-16-27-48-47-24-10-13-30-56(47)73(65(48)49)45-22-8-3-9-23-45/h1-40H. The van der Waals surface area contributed by atoms with Crippen molar-refractivity contribution in [3.8, 4) is 73.2 Å². The summed E-state index contributed by atoms with van der Waals surface area (Å²) in [4.78, 5) is 15.8. The Morgan fingerprint density at radius 3 is 1.64 bits per heavy atom. The fourth-order valence-corrected chi connectivity index (χ4v) is 11.7. The third kappa shape index (κ3) is 6.46. The molecule has 7 heteroatoms. The van der Waals surface area contributed by atoms with Crippen molar-refractivity contribution < 1.29 is 13.3 Å². The van der Waals surface area contributed by atoms with Gasteiger partial charge in [0.25, 0.3) is 0 Å². The fraction of sp³-hybridized carbons (Fsp3) is 0. The van der Waals surface area contributed by atoms with Crippen molar-refractivity contribution in [1.82, 2.24) is 19.5 Å². The molecule has 11 aromatic carbocycles. The molecule has 76 heavy (non-hydrogen) atoms. The number of hydrogen-bond donors (Lipinski definition) is 0. The van der Waals surface area contributed by atoms with E-state index in [4.69, 9.17) is 28.2 Å². The molecular weight excluding hydrogens is 933 g/mol. The summed E-state index contributed by atoms with van der Waals surface area (Å²) in [5.41, 5.74) is 17.0. The molecule has 0 aliphatic rings. The lowest BCUT2D eigenvalue weighted by atomic mass is 9.93. The van der Waals surface area contributed by atoms with Crippen molar-refractivity contribution in [2.45, 2.75) is 0 Å². The van der Waals surface area contributed by atoms with Crippen LogP contribution in [-0.4, -0.2) is 19.5 Å². The largest absolute Gasteiger partial charge is 0.456 e. The zero-order valence-corrected chi connectivity index (χ0v) is 40.6. The summed E-state index contributed by atoms with van der Waals surface area (Å²) >= 11 is 0. The highest BCUT2D eigenvalue weighted by Gasteiger charge is 2.25. The summed E-state index contributed by atoms with van der Waals surface area (Å²) in [7, 11) is 0. The average Bonchev–Trinajstić information content (AvgIpc) is 4.29. The molecule has 0 fully saturated rings. The van der Waals surface area contributed by atoms with Gasteiger partial charge in [-0.3, -0.25) is 0 Å². The van der Waals surface area contributed by atoms with Crippen LogP contribution in [0.25, 0.3) is 161 Å². The Kier molecular flexibility index (Phi) is 9.20. The fourth-order valence-electron chi connectivity index (χ4n) is 11.7. The zero-order valence-electron chi connectivity index (χ0n) is 40.6. The Labute approximate surface area is 434 Å². The second kappa shape index (κ2) is 16.6. The molecule has 5 aromatic heterocycles. The van der Waals surface area contributed by atoms with E-state index < -0.39 is 0 Å². The third-order valence-electron chi connectivity index (χ3n) is 15.1. The summed E-state index contributed by atoms with van der Waals surface area (Å²) < 4.78 is 22.7. The lowest BCUT2D eigenvalue weighted by Crippen LogP contribution is -2.00. The number of rotatable bonds is 7. The molecule has 0 N–H and O–H groups in total. The van der Waals surface area contributed by atoms with Crippen LogP contribution in [0.2, 0.25) is 0 Å². The van der Waals surface area contributed by atoms with E-state index in [0.29, 0.717) is 17.5 Å². The molecule has 16 rings (SSSR count). The number of nitrogens with zero attached hydrogens (tertiary/aromatic N) is 4. The highest BCUT2D eigenvalue weighted by atomic mass is 16.3. The van der Waals surface area contributed by atoms with Gasteiger partial charge in [0.2, 0.25) is 0 Å². The third-order valence-corrected chi connectivity index (χ3v) is 15.1. The van der Waals surface area contributed by atoms with E-state index in [0.717, 1.165) is 133 Å². The molecule has 0 radical (unpaired) electrons. The normalized spacial score (nSPS) is 11.9. The van der Waals surface area contributed by atoms with Gasteiger partial charge in [-0.05, 0) is 89.0 Å². The molecular formula is C69H40N4O3. The van der Waals surface area contributed by atoms with Crippen LogP contribution in [0.5, 0.6) is 0 Å². The number of hydrogen-bond acceptors (Lipinski definition) is 6. The van der Waals surface area contributed by atoms with Gasteiger partial charge < -0.3 is 17.8 Å². The first-order valence-electron chi connectivity index (χ1n) is 25.5. The molecule has 0 unspecified atom stereocenters. The first kappa shape index (κ1) is 42.2. The van der Waals surface area contributed by atoms with Crippen LogP contribution < -0.4 is 0 Å². The number of benzene rings is 11. The average molecular weight is 973 g/mol. The lowest BCUT2D eigenvalue weighted by Gasteiger charge is -2.13. The van der Waals surface area contributed by atoms with Gasteiger partial charge in [0.05, 0.1) is 11.0 Å². The van der Waals surface area contributed by atoms with Crippen LogP contribution in [-0.2, 0) is 0 Å². The minimum Gasteiger partial charge on any atom is -0.456 e. The SMILES string of the molecule is c1ccc(-c2nc(-c3cc(-c4ccccc4)c4c(c3)oc3ccccc34)nc(-c3cccc4oc5ccc(-c6ccc(-c7cccc8c9ccccc9n(-c9ccccc9)c78)c7oc8ccccc8c67)cc5c34)n2)cc1. The van der Waals surface area contributed by atoms with Crippen molar-refractivity contribution in [3.63, 3.8) is 0 Å². The molecule has 0 spiro atoms. The van der Waals surface area contributed by atoms with Crippen LogP contribution in [0.1, 0.15) is 0 Å². The quantitative estimate of drug-likeness (QED) is 0.158. The van der Waals surface area contributed by atoms with Gasteiger partial charge in [0, 0.05) is 76.6 Å². The summed E-state index contributed by atoms with van der Waals surface area (Å²) in [6, 6.07) is 84.3. The second-order valence-electron chi connectivity index (χ2n) is 19.4. The van der Waals surface area contributed by atoms with Crippen molar-refractivity contribution >= 4 is 87.6 Å². The van der Waals surface area contributed by atoms with Gasteiger partial charge in [0.15, 0.2) is 17.5 Å². The van der Waals surface area contributed by atoms with Crippen molar-refractivity contribution in [2.24, 2.45) is 0 Å². The maximum absolute atomic E-state index is 7.00. The van der Waals surface area contributed by atoms with E-state index in [9.17, 15) is 0 Å². The highest BCUT2D eigenvalue weighted by molar-refractivity contribution is 6.21. The number of fused-ring (bicyclic) bond motifs is 12. The molecule has 7 nitrogen and oxygen atoms in total. The minimum absolute atomic E-state index is 0.531. The van der Waals surface area contributed by atoms with Gasteiger partial charge in [-0.1, -0.05) is 176 Å². The molecule has 354 valence electrons. The molecule has 5 heterocycles. The molecule has 0 saturated heterocycles. The predicted octanol–water partition coefficient (Wildman–Crippen LogP) is 18.7. The molecule has 0 bridgehead atoms. The summed E-state index contributed by atoms with van der Waals surface area (Å²) in [6.45, 7) is 0. The summed E-state index contributed by atoms with van der Waals surface area (Å²) in [5, 5.41) is 8.45. The molecule has 0 aliphatic heterocycles. The molecule has 0 atom stereocenters. The molecule has 0 aliphatic carbocycles. The van der Waals surface area contributed by atoms with Gasteiger partial charge in [0.1, 0.15) is 33.5 Å². The lowest BCUT2D eigenvalue weighted by molar-refractivity contribution is 0.668. The van der Waals surface area contributed by atoms with Crippen molar-refractivity contribution in [2.75, 3.05) is 0 Å². The van der Waals surface area contributed by atoms with Crippen molar-refractivity contribution in [1.29, 1.82) is 0 Å². The second-order valence-corrected chi connectivity index (χ2v) is 19.4. The monoisotopic (exact) mass is 972 g/mol. The van der Waals surface area contributed by atoms with Crippen molar-refractivity contribution in [3.05, 3.63) is 243 Å². The first-order chi connectivity index (χ1) is 37.7. The zero-order chi connectivity index (χ0) is 49.8. The van der Waals surface area contributed by atoms with E-state index in [1.54, 1.807) is 0 Å². The topological polar surface area (TPSA) is 83.0 Å². The Morgan fingerprint density at radius 2 is 0.842 bits per heavy atom. The van der Waals surface area contributed by atoms with Gasteiger partial charge in [-0.2, -0.15) is 0 Å². The van der Waals surface area contributed by atoms with Crippen LogP contribution >= 0.6 is 0 Å². The van der Waals surface area contributed by atoms with Gasteiger partial charge >= 0.3 is 0 Å². The van der Waals surface area contributed by atoms with Crippen LogP contribution in [0, 0.1) is 0 Å². The van der Waals surface area contributed by atoms with E-state index in [-0.39, 0.29) is 0 Å². The Bertz CT molecular complexity index is 4990. The van der Waals surface area contributed by atoms with Crippen LogP contribution in [0.15, 0.2) is 256 Å². The summed E-state index contributed by atoms with van der Waals surface area (Å²) in [6.07, 6.45) is 0. The number of para-hydroxylation sites is 5. The maximum atomic E-state index is 7.00. The number of aromatic nitrogens is 4. The van der Waals surface area contributed by atoms with E-state index in [2.05, 4.69) is 180 Å². The minimum atomic E-state index is 0.531. The predicted molar refractivity (Wildman–Crippen MR) is 309 cm³/mol. The molecule has 0 saturated carbocycles. The van der Waals surface area contributed by atoms with Gasteiger partial charge in [-0.25, -0.2) is 15.0 Å². The summed E-state index contributed by atoms with van der Waals surface area (Å²) in [5.74, 6) is 1.62. The first-order valence-corrected chi connectivity index (χ1v) is 25.5. The highest BCUT2D eigenvalue weighted by Crippen LogP contribution is 2.47. The molecule has 0 amide bonds. The van der Waals surface area contributed by atoms with Gasteiger partial charge in [-0.15, -0.1) is 0 Å². The Balaban J connectivity index is 0.901. The van der Waals surface area contributed by atoms with Crippen LogP contribution in [0.3, 0.4) is 0 Å². The van der Waals surface area contributed by atoms with Crippen LogP contribution in [0.4, 0.5) is 0 Å². The molecule has 16 aromatic rings. The Hall–Kier alpha value is -10.4. The maximum Gasteiger partial charge on any atom is 0.164 e. The van der Waals surface area contributed by atoms with E-state index in [1.165, 1.54) is 10.8 Å². The van der Waals surface area contributed by atoms with E-state index in [1.807, 2.05) is 66.7 Å².